The lowest BCUT2D eigenvalue weighted by Crippen LogP contribution is -1.96. The molecule has 2 aromatic rings. The van der Waals surface area contributed by atoms with Crippen molar-refractivity contribution >= 4 is 11.9 Å². The molecule has 1 N–H and O–H groups in total. The van der Waals surface area contributed by atoms with Crippen molar-refractivity contribution in [2.75, 3.05) is 6.61 Å². The Balaban J connectivity index is 1.82. The van der Waals surface area contributed by atoms with Crippen LogP contribution in [0.5, 0.6) is 11.5 Å². The molecule has 0 atom stereocenters. The summed E-state index contributed by atoms with van der Waals surface area (Å²) in [5.74, 6) is 1.03. The fraction of sp³-hybridized carbons (Fsp3) is 0.211. The molecule has 2 aromatic carbocycles. The number of ketones is 1. The van der Waals surface area contributed by atoms with Crippen LogP contribution in [0, 0.1) is 0 Å². The van der Waals surface area contributed by atoms with Gasteiger partial charge >= 0.3 is 0 Å². The van der Waals surface area contributed by atoms with Crippen molar-refractivity contribution in [3.63, 3.8) is 0 Å². The number of carbonyl (C=O) groups is 1. The van der Waals surface area contributed by atoms with E-state index in [1.54, 1.807) is 18.2 Å². The van der Waals surface area contributed by atoms with Crippen LogP contribution in [0.4, 0.5) is 0 Å². The van der Waals surface area contributed by atoms with Gasteiger partial charge in [-0.15, -0.1) is 0 Å². The van der Waals surface area contributed by atoms with Crippen molar-refractivity contribution in [3.05, 3.63) is 64.7 Å². The molecule has 0 amide bonds. The Morgan fingerprint density at radius 1 is 1.18 bits per heavy atom. The standard InChI is InChI=1S/C19H18O3/c1-2-10-22-15-8-6-13(7-9-15)11-14-12-17-16(19(14)21)4-3-5-18(17)20/h3-9,11,20H,2,10,12H2,1H3/b14-11+. The summed E-state index contributed by atoms with van der Waals surface area (Å²) < 4.78 is 5.55. The average molecular weight is 294 g/mol. The zero-order valence-electron chi connectivity index (χ0n) is 12.5. The minimum atomic E-state index is -0.00258. The number of aromatic hydroxyl groups is 1. The van der Waals surface area contributed by atoms with Crippen LogP contribution in [-0.2, 0) is 6.42 Å². The van der Waals surface area contributed by atoms with Crippen molar-refractivity contribution in [3.8, 4) is 11.5 Å². The van der Waals surface area contributed by atoms with Crippen molar-refractivity contribution in [2.45, 2.75) is 19.8 Å². The number of allylic oxidation sites excluding steroid dienone is 1. The molecule has 0 aliphatic heterocycles. The Hall–Kier alpha value is -2.55. The second kappa shape index (κ2) is 6.06. The van der Waals surface area contributed by atoms with Crippen LogP contribution in [-0.4, -0.2) is 17.5 Å². The van der Waals surface area contributed by atoms with Gasteiger partial charge in [-0.1, -0.05) is 31.2 Å². The number of benzene rings is 2. The van der Waals surface area contributed by atoms with E-state index in [0.29, 0.717) is 24.2 Å². The third kappa shape index (κ3) is 2.75. The highest BCUT2D eigenvalue weighted by molar-refractivity contribution is 6.16. The Morgan fingerprint density at radius 2 is 1.95 bits per heavy atom. The molecule has 0 fully saturated rings. The molecular weight excluding hydrogens is 276 g/mol. The summed E-state index contributed by atoms with van der Waals surface area (Å²) in [5.41, 5.74) is 2.99. The highest BCUT2D eigenvalue weighted by atomic mass is 16.5. The molecule has 1 aliphatic carbocycles. The lowest BCUT2D eigenvalue weighted by atomic mass is 10.1. The minimum absolute atomic E-state index is 0.00258. The quantitative estimate of drug-likeness (QED) is 0.867. The van der Waals surface area contributed by atoms with E-state index in [0.717, 1.165) is 23.3 Å². The second-order valence-corrected chi connectivity index (χ2v) is 5.40. The molecular formula is C19H18O3. The summed E-state index contributed by atoms with van der Waals surface area (Å²) in [6, 6.07) is 12.8. The predicted molar refractivity (Wildman–Crippen MR) is 86.3 cm³/mol. The van der Waals surface area contributed by atoms with Gasteiger partial charge in [-0.3, -0.25) is 4.79 Å². The van der Waals surface area contributed by atoms with E-state index < -0.39 is 0 Å². The molecule has 0 radical (unpaired) electrons. The molecule has 3 nitrogen and oxygen atoms in total. The lowest BCUT2D eigenvalue weighted by Gasteiger charge is -2.04. The largest absolute Gasteiger partial charge is 0.508 e. The predicted octanol–water partition coefficient (Wildman–Crippen LogP) is 4.00. The second-order valence-electron chi connectivity index (χ2n) is 5.40. The molecule has 1 aliphatic rings. The molecule has 22 heavy (non-hydrogen) atoms. The first-order valence-electron chi connectivity index (χ1n) is 7.48. The van der Waals surface area contributed by atoms with Crippen LogP contribution in [0.3, 0.4) is 0 Å². The van der Waals surface area contributed by atoms with Crippen LogP contribution in [0.1, 0.15) is 34.8 Å². The maximum Gasteiger partial charge on any atom is 0.189 e. The van der Waals surface area contributed by atoms with Gasteiger partial charge in [-0.25, -0.2) is 0 Å². The zero-order valence-corrected chi connectivity index (χ0v) is 12.5. The van der Waals surface area contributed by atoms with E-state index in [4.69, 9.17) is 4.74 Å². The van der Waals surface area contributed by atoms with Gasteiger partial charge in [0, 0.05) is 23.1 Å². The number of phenolic OH excluding ortho intramolecular Hbond substituents is 1. The van der Waals surface area contributed by atoms with E-state index in [9.17, 15) is 9.90 Å². The summed E-state index contributed by atoms with van der Waals surface area (Å²) in [5, 5.41) is 9.86. The fourth-order valence-corrected chi connectivity index (χ4v) is 2.61. The van der Waals surface area contributed by atoms with Crippen LogP contribution in [0.15, 0.2) is 48.0 Å². The van der Waals surface area contributed by atoms with Gasteiger partial charge in [-0.2, -0.15) is 0 Å². The van der Waals surface area contributed by atoms with Gasteiger partial charge in [0.05, 0.1) is 6.61 Å². The van der Waals surface area contributed by atoms with Crippen molar-refractivity contribution < 1.29 is 14.6 Å². The Labute approximate surface area is 129 Å². The van der Waals surface area contributed by atoms with Crippen LogP contribution in [0.25, 0.3) is 6.08 Å². The van der Waals surface area contributed by atoms with Gasteiger partial charge in [0.2, 0.25) is 0 Å². The molecule has 0 saturated carbocycles. The Bertz CT molecular complexity index is 727. The number of rotatable bonds is 4. The number of fused-ring (bicyclic) bond motifs is 1. The van der Waals surface area contributed by atoms with Crippen LogP contribution >= 0.6 is 0 Å². The summed E-state index contributed by atoms with van der Waals surface area (Å²) in [6.07, 6.45) is 3.34. The average Bonchev–Trinajstić information content (AvgIpc) is 2.85. The first-order chi connectivity index (χ1) is 10.7. The first-order valence-corrected chi connectivity index (χ1v) is 7.48. The number of hydrogen-bond acceptors (Lipinski definition) is 3. The summed E-state index contributed by atoms with van der Waals surface area (Å²) >= 11 is 0. The topological polar surface area (TPSA) is 46.5 Å². The fourth-order valence-electron chi connectivity index (χ4n) is 2.61. The number of hydrogen-bond donors (Lipinski definition) is 1. The molecule has 0 saturated heterocycles. The third-order valence-corrected chi connectivity index (χ3v) is 3.75. The van der Waals surface area contributed by atoms with Crippen LogP contribution < -0.4 is 4.74 Å². The first kappa shape index (κ1) is 14.4. The Kier molecular flexibility index (Phi) is 3.96. The minimum Gasteiger partial charge on any atom is -0.508 e. The highest BCUT2D eigenvalue weighted by Gasteiger charge is 2.26. The highest BCUT2D eigenvalue weighted by Crippen LogP contribution is 2.33. The van der Waals surface area contributed by atoms with Gasteiger partial charge in [-0.05, 0) is 36.3 Å². The Morgan fingerprint density at radius 3 is 2.64 bits per heavy atom. The zero-order chi connectivity index (χ0) is 15.5. The van der Waals surface area contributed by atoms with E-state index in [1.165, 1.54) is 0 Å². The molecule has 112 valence electrons. The maximum atomic E-state index is 12.4. The number of carbonyl (C=O) groups excluding carboxylic acids is 1. The maximum absolute atomic E-state index is 12.4. The number of Topliss-reactive ketones (excluding diaryl/α,β-unsaturated/α-hetero) is 1. The van der Waals surface area contributed by atoms with Crippen molar-refractivity contribution in [2.24, 2.45) is 0 Å². The summed E-state index contributed by atoms with van der Waals surface area (Å²) in [4.78, 5) is 12.4. The number of ether oxygens (including phenoxy) is 1. The van der Waals surface area contributed by atoms with Gasteiger partial charge in [0.1, 0.15) is 11.5 Å². The van der Waals surface area contributed by atoms with Crippen molar-refractivity contribution in [1.82, 2.24) is 0 Å². The monoisotopic (exact) mass is 294 g/mol. The lowest BCUT2D eigenvalue weighted by molar-refractivity contribution is 0.104. The SMILES string of the molecule is CCCOc1ccc(/C=C2\Cc3c(O)cccc3C2=O)cc1. The number of phenols is 1. The van der Waals surface area contributed by atoms with E-state index >= 15 is 0 Å². The van der Waals surface area contributed by atoms with E-state index in [1.807, 2.05) is 30.3 Å². The molecule has 3 heteroatoms. The molecule has 0 spiro atoms. The van der Waals surface area contributed by atoms with Gasteiger partial charge in [0.25, 0.3) is 0 Å². The van der Waals surface area contributed by atoms with E-state index in [-0.39, 0.29) is 11.5 Å². The molecule has 0 unspecified atom stereocenters. The summed E-state index contributed by atoms with van der Waals surface area (Å²) in [6.45, 7) is 2.77. The van der Waals surface area contributed by atoms with E-state index in [2.05, 4.69) is 6.92 Å². The van der Waals surface area contributed by atoms with Gasteiger partial charge in [0.15, 0.2) is 5.78 Å². The smallest absolute Gasteiger partial charge is 0.189 e. The molecule has 0 aromatic heterocycles. The molecule has 0 bridgehead atoms. The third-order valence-electron chi connectivity index (χ3n) is 3.75. The van der Waals surface area contributed by atoms with Crippen molar-refractivity contribution in [1.29, 1.82) is 0 Å². The molecule has 3 rings (SSSR count). The summed E-state index contributed by atoms with van der Waals surface area (Å²) in [7, 11) is 0. The molecule has 0 heterocycles. The van der Waals surface area contributed by atoms with Gasteiger partial charge < -0.3 is 9.84 Å². The normalized spacial score (nSPS) is 15.1. The van der Waals surface area contributed by atoms with Crippen LogP contribution in [0.2, 0.25) is 0 Å².